The first kappa shape index (κ1) is 24.2. The summed E-state index contributed by atoms with van der Waals surface area (Å²) in [6.07, 6.45) is 3.54. The Hall–Kier alpha value is -3.49. The number of carbonyl (C=O) groups is 1. The molecular formula is C26H26Cl2N6O2. The van der Waals surface area contributed by atoms with Crippen molar-refractivity contribution >= 4 is 34.8 Å². The van der Waals surface area contributed by atoms with E-state index in [4.69, 9.17) is 27.9 Å². The zero-order valence-corrected chi connectivity index (χ0v) is 21.6. The smallest absolute Gasteiger partial charge is 0.244 e. The Labute approximate surface area is 219 Å². The van der Waals surface area contributed by atoms with Crippen LogP contribution in [0.25, 0.3) is 17.2 Å². The molecule has 4 aromatic rings. The number of halogens is 2. The zero-order valence-electron chi connectivity index (χ0n) is 20.1. The highest BCUT2D eigenvalue weighted by Crippen LogP contribution is 2.30. The Balaban J connectivity index is 1.28. The molecule has 2 aromatic heterocycles. The molecule has 8 nitrogen and oxygen atoms in total. The van der Waals surface area contributed by atoms with Gasteiger partial charge in [-0.3, -0.25) is 14.0 Å². The number of nitrogens with zero attached hydrogens (tertiary/aromatic N) is 6. The number of rotatable bonds is 6. The molecule has 1 amide bonds. The van der Waals surface area contributed by atoms with Crippen LogP contribution in [0.2, 0.25) is 10.0 Å². The number of methoxy groups -OCH3 is 1. The zero-order chi connectivity index (χ0) is 25.2. The van der Waals surface area contributed by atoms with E-state index in [9.17, 15) is 4.79 Å². The number of amides is 1. The first-order valence-electron chi connectivity index (χ1n) is 11.6. The van der Waals surface area contributed by atoms with Gasteiger partial charge in [0.25, 0.3) is 0 Å². The van der Waals surface area contributed by atoms with Gasteiger partial charge in [-0.05, 0) is 19.1 Å². The molecule has 0 bridgehead atoms. The summed E-state index contributed by atoms with van der Waals surface area (Å²) in [5.41, 5.74) is 2.72. The summed E-state index contributed by atoms with van der Waals surface area (Å²) in [4.78, 5) is 21.7. The molecule has 0 spiro atoms. The largest absolute Gasteiger partial charge is 0.495 e. The molecule has 5 rings (SSSR count). The van der Waals surface area contributed by atoms with Gasteiger partial charge in [0.05, 0.1) is 17.8 Å². The highest BCUT2D eigenvalue weighted by atomic mass is 35.5. The molecule has 1 fully saturated rings. The van der Waals surface area contributed by atoms with Crippen LogP contribution in [0, 0.1) is 6.92 Å². The van der Waals surface area contributed by atoms with Gasteiger partial charge in [-0.2, -0.15) is 5.10 Å². The molecule has 0 radical (unpaired) electrons. The molecule has 1 saturated heterocycles. The molecular weight excluding hydrogens is 499 g/mol. The second-order valence-corrected chi connectivity index (χ2v) is 9.34. The lowest BCUT2D eigenvalue weighted by Gasteiger charge is -2.36. The van der Waals surface area contributed by atoms with Crippen LogP contribution in [0.1, 0.15) is 5.69 Å². The number of hydrogen-bond acceptors (Lipinski definition) is 5. The summed E-state index contributed by atoms with van der Waals surface area (Å²) < 4.78 is 8.86. The average Bonchev–Trinajstić information content (AvgIpc) is 3.50. The number of aromatic nitrogens is 4. The summed E-state index contributed by atoms with van der Waals surface area (Å²) in [5, 5.41) is 5.76. The van der Waals surface area contributed by atoms with Crippen molar-refractivity contribution in [3.8, 4) is 23.0 Å². The van der Waals surface area contributed by atoms with Crippen molar-refractivity contribution in [1.29, 1.82) is 0 Å². The molecule has 2 aromatic carbocycles. The highest BCUT2D eigenvalue weighted by Gasteiger charge is 2.24. The predicted octanol–water partition coefficient (Wildman–Crippen LogP) is 4.71. The van der Waals surface area contributed by atoms with Gasteiger partial charge >= 0.3 is 0 Å². The number of carbonyl (C=O) groups excluding carboxylic acids is 1. The lowest BCUT2D eigenvalue weighted by molar-refractivity contribution is -0.132. The van der Waals surface area contributed by atoms with Crippen molar-refractivity contribution in [2.45, 2.75) is 13.5 Å². The van der Waals surface area contributed by atoms with Crippen molar-refractivity contribution in [1.82, 2.24) is 24.2 Å². The minimum absolute atomic E-state index is 0.00562. The molecule has 3 heterocycles. The fourth-order valence-electron chi connectivity index (χ4n) is 4.38. The SMILES string of the molecule is COc1cc(N2CCN(C(=O)Cn3nc(-n4ccnc4-c4ccccc4)c(Cl)c3C)CC2)ccc1Cl. The highest BCUT2D eigenvalue weighted by molar-refractivity contribution is 6.33. The van der Waals surface area contributed by atoms with Crippen LogP contribution in [0.3, 0.4) is 0 Å². The van der Waals surface area contributed by atoms with Crippen LogP contribution in [0.5, 0.6) is 5.75 Å². The van der Waals surface area contributed by atoms with Crippen LogP contribution in [-0.4, -0.2) is 63.4 Å². The lowest BCUT2D eigenvalue weighted by Crippen LogP contribution is -2.49. The second-order valence-electron chi connectivity index (χ2n) is 8.55. The predicted molar refractivity (Wildman–Crippen MR) is 141 cm³/mol. The molecule has 1 aliphatic rings. The van der Waals surface area contributed by atoms with Gasteiger partial charge in [-0.1, -0.05) is 53.5 Å². The van der Waals surface area contributed by atoms with Crippen LogP contribution in [0.4, 0.5) is 5.69 Å². The number of benzene rings is 2. The minimum atomic E-state index is 0.00562. The fourth-order valence-corrected chi connectivity index (χ4v) is 4.80. The Bertz CT molecular complexity index is 1380. The van der Waals surface area contributed by atoms with E-state index in [0.717, 1.165) is 35.9 Å². The standard InChI is InChI=1S/C26H26Cl2N6O2/c1-18-24(28)26(33-11-10-29-25(33)19-6-4-3-5-7-19)30-34(18)17-23(35)32-14-12-31(13-15-32)20-8-9-21(27)22(16-20)36-2/h3-11,16H,12-15,17H2,1-2H3. The van der Waals surface area contributed by atoms with Gasteiger partial charge in [0, 0.05) is 55.9 Å². The Kier molecular flexibility index (Phi) is 6.89. The molecule has 0 saturated carbocycles. The summed E-state index contributed by atoms with van der Waals surface area (Å²) in [6.45, 7) is 4.66. The van der Waals surface area contributed by atoms with E-state index < -0.39 is 0 Å². The molecule has 186 valence electrons. The molecule has 1 aliphatic heterocycles. The maximum absolute atomic E-state index is 13.2. The van der Waals surface area contributed by atoms with Gasteiger partial charge in [0.1, 0.15) is 23.1 Å². The van der Waals surface area contributed by atoms with Crippen molar-refractivity contribution in [3.63, 3.8) is 0 Å². The fraction of sp³-hybridized carbons (Fsp3) is 0.269. The summed E-state index contributed by atoms with van der Waals surface area (Å²) in [6, 6.07) is 15.6. The Morgan fingerprint density at radius 3 is 2.53 bits per heavy atom. The van der Waals surface area contributed by atoms with E-state index >= 15 is 0 Å². The monoisotopic (exact) mass is 524 g/mol. The van der Waals surface area contributed by atoms with Gasteiger partial charge < -0.3 is 14.5 Å². The third-order valence-corrected chi connectivity index (χ3v) is 7.19. The Morgan fingerprint density at radius 1 is 1.06 bits per heavy atom. The third kappa shape index (κ3) is 4.66. The lowest BCUT2D eigenvalue weighted by atomic mass is 10.2. The van der Waals surface area contributed by atoms with Crippen LogP contribution >= 0.6 is 23.2 Å². The maximum Gasteiger partial charge on any atom is 0.244 e. The third-order valence-electron chi connectivity index (χ3n) is 6.43. The molecule has 0 aliphatic carbocycles. The van der Waals surface area contributed by atoms with E-state index in [1.165, 1.54) is 0 Å². The van der Waals surface area contributed by atoms with Gasteiger partial charge in [0.2, 0.25) is 5.91 Å². The number of piperazine rings is 1. The van der Waals surface area contributed by atoms with Gasteiger partial charge in [-0.25, -0.2) is 4.98 Å². The van der Waals surface area contributed by atoms with Gasteiger partial charge in [-0.15, -0.1) is 0 Å². The summed E-state index contributed by atoms with van der Waals surface area (Å²) in [7, 11) is 1.60. The summed E-state index contributed by atoms with van der Waals surface area (Å²) >= 11 is 12.8. The van der Waals surface area contributed by atoms with E-state index in [1.54, 1.807) is 18.0 Å². The minimum Gasteiger partial charge on any atom is -0.495 e. The average molecular weight is 525 g/mol. The van der Waals surface area contributed by atoms with Gasteiger partial charge in [0.15, 0.2) is 5.82 Å². The number of hydrogen-bond donors (Lipinski definition) is 0. The van der Waals surface area contributed by atoms with Crippen molar-refractivity contribution in [3.05, 3.63) is 76.7 Å². The Morgan fingerprint density at radius 2 is 1.81 bits per heavy atom. The van der Waals surface area contributed by atoms with E-state index in [1.807, 2.05) is 71.1 Å². The quantitative estimate of drug-likeness (QED) is 0.365. The molecule has 10 heteroatoms. The maximum atomic E-state index is 13.2. The molecule has 0 atom stereocenters. The first-order chi connectivity index (χ1) is 17.5. The normalized spacial score (nSPS) is 13.8. The second kappa shape index (κ2) is 10.2. The topological polar surface area (TPSA) is 68.4 Å². The molecule has 0 unspecified atom stereocenters. The first-order valence-corrected chi connectivity index (χ1v) is 12.4. The molecule has 0 N–H and O–H groups in total. The van der Waals surface area contributed by atoms with E-state index in [2.05, 4.69) is 15.0 Å². The summed E-state index contributed by atoms with van der Waals surface area (Å²) in [5.74, 6) is 1.94. The van der Waals surface area contributed by atoms with E-state index in [-0.39, 0.29) is 12.5 Å². The number of anilines is 1. The number of imidazole rings is 1. The van der Waals surface area contributed by atoms with Crippen LogP contribution in [-0.2, 0) is 11.3 Å². The van der Waals surface area contributed by atoms with E-state index in [0.29, 0.717) is 34.7 Å². The van der Waals surface area contributed by atoms with Crippen LogP contribution < -0.4 is 9.64 Å². The number of ether oxygens (including phenoxy) is 1. The van der Waals surface area contributed by atoms with Crippen molar-refractivity contribution < 1.29 is 9.53 Å². The van der Waals surface area contributed by atoms with Crippen molar-refractivity contribution in [2.24, 2.45) is 0 Å². The van der Waals surface area contributed by atoms with Crippen molar-refractivity contribution in [2.75, 3.05) is 38.2 Å². The van der Waals surface area contributed by atoms with Crippen LogP contribution in [0.15, 0.2) is 60.9 Å². The molecule has 36 heavy (non-hydrogen) atoms.